The fraction of sp³-hybridized carbons (Fsp3) is 0.600. The molecule has 0 aromatic carbocycles. The van der Waals surface area contributed by atoms with Gasteiger partial charge in [0.2, 0.25) is 5.95 Å². The lowest BCUT2D eigenvalue weighted by Gasteiger charge is -2.28. The highest BCUT2D eigenvalue weighted by Crippen LogP contribution is 2.29. The van der Waals surface area contributed by atoms with Crippen LogP contribution in [0.2, 0.25) is 0 Å². The Bertz CT molecular complexity index is 594. The molecule has 3 rings (SSSR count). The number of thiophene rings is 1. The van der Waals surface area contributed by atoms with Gasteiger partial charge in [0.15, 0.2) is 0 Å². The van der Waals surface area contributed by atoms with Crippen LogP contribution in [0.5, 0.6) is 0 Å². The quantitative estimate of drug-likeness (QED) is 0.920. The molecule has 0 aliphatic carbocycles. The normalized spacial score (nSPS) is 16.3. The summed E-state index contributed by atoms with van der Waals surface area (Å²) in [6.07, 6.45) is 2.28. The van der Waals surface area contributed by atoms with E-state index in [0.29, 0.717) is 5.92 Å². The van der Waals surface area contributed by atoms with Gasteiger partial charge in [0.1, 0.15) is 10.6 Å². The number of aromatic nitrogens is 2. The van der Waals surface area contributed by atoms with E-state index in [9.17, 15) is 0 Å². The van der Waals surface area contributed by atoms with Crippen LogP contribution in [0.15, 0.2) is 11.4 Å². The van der Waals surface area contributed by atoms with Gasteiger partial charge in [0, 0.05) is 33.4 Å². The van der Waals surface area contributed by atoms with Crippen LogP contribution in [-0.2, 0) is 4.74 Å². The van der Waals surface area contributed by atoms with Gasteiger partial charge < -0.3 is 15.0 Å². The Kier molecular flexibility index (Phi) is 4.55. The van der Waals surface area contributed by atoms with Crippen LogP contribution >= 0.6 is 11.3 Å². The predicted octanol–water partition coefficient (Wildman–Crippen LogP) is 2.99. The second-order valence-electron chi connectivity index (χ2n) is 5.48. The van der Waals surface area contributed by atoms with E-state index in [2.05, 4.69) is 40.6 Å². The summed E-state index contributed by atoms with van der Waals surface area (Å²) in [5, 5.41) is 6.46. The molecule has 0 atom stereocenters. The number of anilines is 2. The summed E-state index contributed by atoms with van der Waals surface area (Å²) in [7, 11) is 2.13. The summed E-state index contributed by atoms with van der Waals surface area (Å²) < 4.78 is 5.44. The lowest BCUT2D eigenvalue weighted by atomic mass is 10.00. The fourth-order valence-corrected chi connectivity index (χ4v) is 3.53. The van der Waals surface area contributed by atoms with E-state index in [0.717, 1.165) is 61.1 Å². The van der Waals surface area contributed by atoms with Crippen molar-refractivity contribution in [1.29, 1.82) is 0 Å². The zero-order valence-electron chi connectivity index (χ0n) is 12.6. The SMILES string of the molecule is CCNc1nc(N(C)CC2CCOCC2)c2ccsc2n1. The number of fused-ring (bicyclic) bond motifs is 1. The molecule has 0 radical (unpaired) electrons. The third kappa shape index (κ3) is 3.27. The van der Waals surface area contributed by atoms with Crippen LogP contribution in [0.3, 0.4) is 0 Å². The highest BCUT2D eigenvalue weighted by molar-refractivity contribution is 7.16. The standard InChI is InChI=1S/C15H22N4OS/c1-3-16-15-17-13(12-6-9-21-14(12)18-15)19(2)10-11-4-7-20-8-5-11/h6,9,11H,3-5,7-8,10H2,1-2H3,(H,16,17,18). The van der Waals surface area contributed by atoms with E-state index in [1.807, 2.05) is 0 Å². The fourth-order valence-electron chi connectivity index (χ4n) is 2.77. The average Bonchev–Trinajstić information content (AvgIpc) is 2.96. The first kappa shape index (κ1) is 14.5. The van der Waals surface area contributed by atoms with Crippen molar-refractivity contribution in [2.24, 2.45) is 5.92 Å². The molecule has 1 aliphatic rings. The maximum absolute atomic E-state index is 5.44. The van der Waals surface area contributed by atoms with Crippen molar-refractivity contribution < 1.29 is 4.74 Å². The third-order valence-electron chi connectivity index (χ3n) is 3.87. The zero-order valence-corrected chi connectivity index (χ0v) is 13.4. The predicted molar refractivity (Wildman–Crippen MR) is 88.4 cm³/mol. The maximum Gasteiger partial charge on any atom is 0.226 e. The van der Waals surface area contributed by atoms with Crippen molar-refractivity contribution in [3.05, 3.63) is 11.4 Å². The second kappa shape index (κ2) is 6.58. The highest BCUT2D eigenvalue weighted by Gasteiger charge is 2.19. The van der Waals surface area contributed by atoms with Crippen LogP contribution in [0.1, 0.15) is 19.8 Å². The molecule has 114 valence electrons. The smallest absolute Gasteiger partial charge is 0.226 e. The Balaban J connectivity index is 1.84. The molecule has 5 nitrogen and oxygen atoms in total. The lowest BCUT2D eigenvalue weighted by Crippen LogP contribution is -2.30. The first-order chi connectivity index (χ1) is 10.3. The van der Waals surface area contributed by atoms with Gasteiger partial charge in [-0.25, -0.2) is 4.98 Å². The minimum absolute atomic E-state index is 0.690. The van der Waals surface area contributed by atoms with Gasteiger partial charge in [-0.15, -0.1) is 11.3 Å². The van der Waals surface area contributed by atoms with E-state index in [4.69, 9.17) is 9.72 Å². The molecule has 2 aromatic heterocycles. The first-order valence-electron chi connectivity index (χ1n) is 7.56. The van der Waals surface area contributed by atoms with Gasteiger partial charge in [0.05, 0.1) is 5.39 Å². The van der Waals surface area contributed by atoms with Crippen molar-refractivity contribution in [3.8, 4) is 0 Å². The maximum atomic E-state index is 5.44. The molecule has 0 spiro atoms. The van der Waals surface area contributed by atoms with Gasteiger partial charge in [-0.2, -0.15) is 4.98 Å². The summed E-state index contributed by atoms with van der Waals surface area (Å²) in [4.78, 5) is 12.6. The molecule has 21 heavy (non-hydrogen) atoms. The summed E-state index contributed by atoms with van der Waals surface area (Å²) in [6, 6.07) is 2.12. The average molecular weight is 306 g/mol. The van der Waals surface area contributed by atoms with Gasteiger partial charge in [-0.3, -0.25) is 0 Å². The molecule has 1 saturated heterocycles. The number of nitrogens with one attached hydrogen (secondary N) is 1. The van der Waals surface area contributed by atoms with Gasteiger partial charge in [0.25, 0.3) is 0 Å². The molecule has 6 heteroatoms. The van der Waals surface area contributed by atoms with Crippen LogP contribution in [0.25, 0.3) is 10.2 Å². The van der Waals surface area contributed by atoms with Crippen molar-refractivity contribution in [2.45, 2.75) is 19.8 Å². The molecule has 0 saturated carbocycles. The van der Waals surface area contributed by atoms with Crippen molar-refractivity contribution in [1.82, 2.24) is 9.97 Å². The van der Waals surface area contributed by atoms with Gasteiger partial charge in [-0.1, -0.05) is 0 Å². The summed E-state index contributed by atoms with van der Waals surface area (Å²) >= 11 is 1.67. The molecular formula is C15H22N4OS. The molecule has 1 N–H and O–H groups in total. The second-order valence-corrected chi connectivity index (χ2v) is 6.37. The van der Waals surface area contributed by atoms with Crippen LogP contribution < -0.4 is 10.2 Å². The molecule has 0 bridgehead atoms. The van der Waals surface area contributed by atoms with Crippen LogP contribution in [0.4, 0.5) is 11.8 Å². The monoisotopic (exact) mass is 306 g/mol. The van der Waals surface area contributed by atoms with Crippen molar-refractivity contribution in [3.63, 3.8) is 0 Å². The molecule has 1 fully saturated rings. The summed E-state index contributed by atoms with van der Waals surface area (Å²) in [5.41, 5.74) is 0. The van der Waals surface area contributed by atoms with E-state index < -0.39 is 0 Å². The summed E-state index contributed by atoms with van der Waals surface area (Å²) in [5.74, 6) is 2.44. The van der Waals surface area contributed by atoms with Crippen molar-refractivity contribution in [2.75, 3.05) is 43.6 Å². The van der Waals surface area contributed by atoms with Crippen molar-refractivity contribution >= 4 is 33.3 Å². The number of hydrogen-bond acceptors (Lipinski definition) is 6. The number of nitrogens with zero attached hydrogens (tertiary/aromatic N) is 3. The topological polar surface area (TPSA) is 50.3 Å². The summed E-state index contributed by atoms with van der Waals surface area (Å²) in [6.45, 7) is 5.70. The Hall–Kier alpha value is -1.40. The molecule has 1 aliphatic heterocycles. The lowest BCUT2D eigenvalue weighted by molar-refractivity contribution is 0.0685. The number of hydrogen-bond donors (Lipinski definition) is 1. The molecule has 0 amide bonds. The molecule has 0 unspecified atom stereocenters. The molecule has 2 aromatic rings. The van der Waals surface area contributed by atoms with E-state index >= 15 is 0 Å². The van der Waals surface area contributed by atoms with Crippen LogP contribution in [0, 0.1) is 5.92 Å². The highest BCUT2D eigenvalue weighted by atomic mass is 32.1. The number of rotatable bonds is 5. The molecular weight excluding hydrogens is 284 g/mol. The minimum atomic E-state index is 0.690. The Morgan fingerprint density at radius 1 is 1.38 bits per heavy atom. The largest absolute Gasteiger partial charge is 0.381 e. The number of ether oxygens (including phenoxy) is 1. The Morgan fingerprint density at radius 2 is 2.19 bits per heavy atom. The Labute approximate surface area is 129 Å². The third-order valence-corrected chi connectivity index (χ3v) is 4.68. The van der Waals surface area contributed by atoms with E-state index in [-0.39, 0.29) is 0 Å². The molecule has 3 heterocycles. The van der Waals surface area contributed by atoms with E-state index in [1.54, 1.807) is 11.3 Å². The minimum Gasteiger partial charge on any atom is -0.381 e. The first-order valence-corrected chi connectivity index (χ1v) is 8.44. The Morgan fingerprint density at radius 3 is 2.95 bits per heavy atom. The van der Waals surface area contributed by atoms with Crippen LogP contribution in [-0.4, -0.2) is 43.3 Å². The zero-order chi connectivity index (χ0) is 14.7. The van der Waals surface area contributed by atoms with E-state index in [1.165, 1.54) is 0 Å². The van der Waals surface area contributed by atoms with Gasteiger partial charge in [-0.05, 0) is 37.1 Å². The van der Waals surface area contributed by atoms with Gasteiger partial charge >= 0.3 is 0 Å².